The fraction of sp³-hybridized carbons (Fsp3) is 0.207. The molecule has 1 aromatic heterocycles. The summed E-state index contributed by atoms with van der Waals surface area (Å²) >= 11 is 0. The molecular weight excluding hydrogens is 452 g/mol. The molecule has 2 aliphatic heterocycles. The van der Waals surface area contributed by atoms with Crippen molar-refractivity contribution in [2.75, 3.05) is 4.90 Å². The molecule has 4 aromatic rings. The number of hydrogen-bond donors (Lipinski definition) is 2. The number of hydrogen-bond acceptors (Lipinski definition) is 3. The molecule has 180 valence electrons. The zero-order valence-corrected chi connectivity index (χ0v) is 20.1. The average molecular weight is 479 g/mol. The Hall–Kier alpha value is -4.39. The van der Waals surface area contributed by atoms with Crippen molar-refractivity contribution in [3.05, 3.63) is 101 Å². The van der Waals surface area contributed by atoms with E-state index in [1.54, 1.807) is 29.2 Å². The quantitative estimate of drug-likeness (QED) is 0.411. The number of anilines is 1. The van der Waals surface area contributed by atoms with Crippen LogP contribution >= 0.6 is 0 Å². The Bertz CT molecular complexity index is 1520. The van der Waals surface area contributed by atoms with Crippen LogP contribution in [0.15, 0.2) is 72.8 Å². The van der Waals surface area contributed by atoms with E-state index in [1.165, 1.54) is 4.90 Å². The molecule has 0 aliphatic carbocycles. The number of aromatic amines is 1. The minimum Gasteiger partial charge on any atom is -0.356 e. The minimum atomic E-state index is -0.608. The number of nitrogens with zero attached hydrogens (tertiary/aromatic N) is 2. The van der Waals surface area contributed by atoms with Crippen LogP contribution < -0.4 is 10.2 Å². The van der Waals surface area contributed by atoms with Crippen LogP contribution in [0, 0.1) is 6.92 Å². The van der Waals surface area contributed by atoms with Crippen molar-refractivity contribution in [3.8, 4) is 0 Å². The van der Waals surface area contributed by atoms with Gasteiger partial charge in [0.2, 0.25) is 0 Å². The van der Waals surface area contributed by atoms with Gasteiger partial charge in [-0.15, -0.1) is 0 Å². The van der Waals surface area contributed by atoms with E-state index in [-0.39, 0.29) is 17.9 Å². The molecule has 0 radical (unpaired) electrons. The Labute approximate surface area is 208 Å². The third-order valence-corrected chi connectivity index (χ3v) is 7.30. The number of H-pyrrole nitrogens is 1. The maximum Gasteiger partial charge on any atom is 0.332 e. The smallest absolute Gasteiger partial charge is 0.332 e. The number of urea groups is 1. The summed E-state index contributed by atoms with van der Waals surface area (Å²) in [5.74, 6) is -0.637. The molecule has 0 saturated carbocycles. The third-order valence-electron chi connectivity index (χ3n) is 7.30. The van der Waals surface area contributed by atoms with E-state index < -0.39 is 12.1 Å². The topological polar surface area (TPSA) is 85.5 Å². The second kappa shape index (κ2) is 8.37. The fourth-order valence-electron chi connectivity index (χ4n) is 5.43. The van der Waals surface area contributed by atoms with Crippen LogP contribution in [-0.2, 0) is 17.8 Å². The third kappa shape index (κ3) is 3.39. The molecule has 0 unspecified atom stereocenters. The maximum atomic E-state index is 13.7. The Morgan fingerprint density at radius 1 is 1.00 bits per heavy atom. The first-order valence-electron chi connectivity index (χ1n) is 12.1. The zero-order chi connectivity index (χ0) is 25.0. The summed E-state index contributed by atoms with van der Waals surface area (Å²) in [5.41, 5.74) is 5.76. The number of aromatic nitrogens is 1. The van der Waals surface area contributed by atoms with Gasteiger partial charge in [-0.2, -0.15) is 0 Å². The molecule has 7 nitrogen and oxygen atoms in total. The standard InChI is InChI=1S/C29H26N4O3/c1-17-11-13-19(14-12-17)16-30-27(34)21-8-4-6-10-24(21)33-28(35)25-15-22-20-7-3-5-9-23(20)31-26(22)18(2)32(25)29(33)36/h3-14,18,25,31H,15-16H2,1-2H3,(H,30,34)/t18-,25+/m1/s1. The lowest BCUT2D eigenvalue weighted by molar-refractivity contribution is -0.120. The van der Waals surface area contributed by atoms with E-state index in [9.17, 15) is 14.4 Å². The van der Waals surface area contributed by atoms with E-state index in [0.29, 0.717) is 24.2 Å². The predicted octanol–water partition coefficient (Wildman–Crippen LogP) is 4.86. The van der Waals surface area contributed by atoms with Gasteiger partial charge < -0.3 is 15.2 Å². The van der Waals surface area contributed by atoms with Crippen LogP contribution in [0.4, 0.5) is 10.5 Å². The molecule has 7 heteroatoms. The van der Waals surface area contributed by atoms with Gasteiger partial charge in [-0.25, -0.2) is 9.69 Å². The number of benzene rings is 3. The number of imide groups is 1. The van der Waals surface area contributed by atoms with Crippen LogP contribution in [0.2, 0.25) is 0 Å². The first-order chi connectivity index (χ1) is 17.4. The van der Waals surface area contributed by atoms with Crippen molar-refractivity contribution in [3.63, 3.8) is 0 Å². The monoisotopic (exact) mass is 478 g/mol. The number of para-hydroxylation sites is 2. The summed E-state index contributed by atoms with van der Waals surface area (Å²) in [5, 5.41) is 4.00. The summed E-state index contributed by atoms with van der Waals surface area (Å²) in [6, 6.07) is 21.4. The van der Waals surface area contributed by atoms with Crippen LogP contribution in [0.3, 0.4) is 0 Å². The van der Waals surface area contributed by atoms with E-state index in [2.05, 4.69) is 10.3 Å². The first-order valence-corrected chi connectivity index (χ1v) is 12.1. The predicted molar refractivity (Wildman–Crippen MR) is 138 cm³/mol. The van der Waals surface area contributed by atoms with Gasteiger partial charge >= 0.3 is 6.03 Å². The van der Waals surface area contributed by atoms with Crippen LogP contribution in [-0.4, -0.2) is 33.8 Å². The average Bonchev–Trinajstić information content (AvgIpc) is 3.39. The largest absolute Gasteiger partial charge is 0.356 e. The second-order valence-corrected chi connectivity index (χ2v) is 9.51. The van der Waals surface area contributed by atoms with Gasteiger partial charge in [-0.3, -0.25) is 9.59 Å². The van der Waals surface area contributed by atoms with Gasteiger partial charge in [0.05, 0.1) is 17.3 Å². The number of rotatable bonds is 4. The number of carbonyl (C=O) groups excluding carboxylic acids is 3. The summed E-state index contributed by atoms with van der Waals surface area (Å²) in [7, 11) is 0. The van der Waals surface area contributed by atoms with E-state index in [4.69, 9.17) is 0 Å². The summed E-state index contributed by atoms with van der Waals surface area (Å²) in [4.78, 5) is 46.8. The highest BCUT2D eigenvalue weighted by atomic mass is 16.2. The van der Waals surface area contributed by atoms with Crippen LogP contribution in [0.5, 0.6) is 0 Å². The molecule has 0 spiro atoms. The number of nitrogens with one attached hydrogen (secondary N) is 2. The molecular formula is C29H26N4O3. The van der Waals surface area contributed by atoms with Gasteiger partial charge in [0, 0.05) is 29.6 Å². The number of fused-ring (bicyclic) bond motifs is 4. The van der Waals surface area contributed by atoms with Gasteiger partial charge in [-0.1, -0.05) is 60.2 Å². The molecule has 2 aliphatic rings. The maximum absolute atomic E-state index is 13.7. The van der Waals surface area contributed by atoms with E-state index in [0.717, 1.165) is 33.3 Å². The Balaban J connectivity index is 1.30. The Kier molecular flexibility index (Phi) is 5.14. The number of aryl methyl sites for hydroxylation is 1. The molecule has 1 fully saturated rings. The van der Waals surface area contributed by atoms with Gasteiger partial charge in [-0.05, 0) is 43.2 Å². The minimum absolute atomic E-state index is 0.294. The van der Waals surface area contributed by atoms with Gasteiger partial charge in [0.1, 0.15) is 6.04 Å². The SMILES string of the molecule is Cc1ccc(CNC(=O)c2ccccc2N2C(=O)[C@@H]3Cc4c([nH]c5ccccc45)[C@@H](C)N3C2=O)cc1. The molecule has 1 saturated heterocycles. The molecule has 6 rings (SSSR count). The number of carbonyl (C=O) groups is 3. The molecule has 2 N–H and O–H groups in total. The Morgan fingerprint density at radius 2 is 1.72 bits per heavy atom. The van der Waals surface area contributed by atoms with Crippen molar-refractivity contribution in [2.45, 2.75) is 38.9 Å². The molecule has 0 bridgehead atoms. The molecule has 36 heavy (non-hydrogen) atoms. The molecule has 3 aromatic carbocycles. The van der Waals surface area contributed by atoms with Crippen molar-refractivity contribution in [1.82, 2.24) is 15.2 Å². The van der Waals surface area contributed by atoms with Crippen LogP contribution in [0.1, 0.15) is 45.7 Å². The van der Waals surface area contributed by atoms with Crippen LogP contribution in [0.25, 0.3) is 10.9 Å². The zero-order valence-electron chi connectivity index (χ0n) is 20.1. The second-order valence-electron chi connectivity index (χ2n) is 9.51. The Morgan fingerprint density at radius 3 is 2.53 bits per heavy atom. The normalized spacial score (nSPS) is 18.9. The molecule has 4 amide bonds. The lowest BCUT2D eigenvalue weighted by Crippen LogP contribution is -2.42. The van der Waals surface area contributed by atoms with Gasteiger partial charge in [0.15, 0.2) is 0 Å². The van der Waals surface area contributed by atoms with Crippen molar-refractivity contribution < 1.29 is 14.4 Å². The molecule has 3 heterocycles. The lowest BCUT2D eigenvalue weighted by atomic mass is 9.93. The highest BCUT2D eigenvalue weighted by Gasteiger charge is 2.52. The van der Waals surface area contributed by atoms with Crippen molar-refractivity contribution in [2.24, 2.45) is 0 Å². The summed E-state index contributed by atoms with van der Waals surface area (Å²) in [6.07, 6.45) is 0.437. The summed E-state index contributed by atoms with van der Waals surface area (Å²) in [6.45, 7) is 4.30. The van der Waals surface area contributed by atoms with E-state index in [1.807, 2.05) is 62.4 Å². The van der Waals surface area contributed by atoms with E-state index >= 15 is 0 Å². The highest BCUT2D eigenvalue weighted by Crippen LogP contribution is 2.42. The summed E-state index contributed by atoms with van der Waals surface area (Å²) < 4.78 is 0. The van der Waals surface area contributed by atoms with Crippen molar-refractivity contribution in [1.29, 1.82) is 0 Å². The van der Waals surface area contributed by atoms with Crippen molar-refractivity contribution >= 4 is 34.4 Å². The van der Waals surface area contributed by atoms with Gasteiger partial charge in [0.25, 0.3) is 11.8 Å². The molecule has 2 atom stereocenters. The highest BCUT2D eigenvalue weighted by molar-refractivity contribution is 6.24. The fourth-order valence-corrected chi connectivity index (χ4v) is 5.43. The number of amides is 4. The first kappa shape index (κ1) is 22.1. The lowest BCUT2D eigenvalue weighted by Gasteiger charge is -2.33.